The summed E-state index contributed by atoms with van der Waals surface area (Å²) in [7, 11) is 3.06. The fourth-order valence-electron chi connectivity index (χ4n) is 2.64. The second-order valence-corrected chi connectivity index (χ2v) is 5.42. The summed E-state index contributed by atoms with van der Waals surface area (Å²) in [6, 6.07) is 13.6. The van der Waals surface area contributed by atoms with Gasteiger partial charge in [0.15, 0.2) is 0 Å². The van der Waals surface area contributed by atoms with Crippen molar-refractivity contribution in [2.24, 2.45) is 0 Å². The SMILES string of the molecule is COc1ccc([C@H](C#N)NC(=O)c2ccc3cc[nH]c3c2)c(OC)c1. The third kappa shape index (κ3) is 3.26. The first-order valence-corrected chi connectivity index (χ1v) is 7.66. The number of amides is 1. The number of carbonyl (C=O) groups excluding carboxylic acids is 1. The predicted molar refractivity (Wildman–Crippen MR) is 93.7 cm³/mol. The van der Waals surface area contributed by atoms with E-state index in [4.69, 9.17) is 9.47 Å². The zero-order valence-corrected chi connectivity index (χ0v) is 13.9. The zero-order valence-electron chi connectivity index (χ0n) is 13.9. The van der Waals surface area contributed by atoms with Gasteiger partial charge in [-0.05, 0) is 35.7 Å². The van der Waals surface area contributed by atoms with Crippen molar-refractivity contribution < 1.29 is 14.3 Å². The van der Waals surface area contributed by atoms with Crippen LogP contribution in [0.25, 0.3) is 10.9 Å². The summed E-state index contributed by atoms with van der Waals surface area (Å²) in [5, 5.41) is 13.3. The maximum atomic E-state index is 12.5. The van der Waals surface area contributed by atoms with Crippen LogP contribution in [0, 0.1) is 11.3 Å². The van der Waals surface area contributed by atoms with Gasteiger partial charge >= 0.3 is 0 Å². The number of fused-ring (bicyclic) bond motifs is 1. The van der Waals surface area contributed by atoms with Gasteiger partial charge in [0.2, 0.25) is 0 Å². The van der Waals surface area contributed by atoms with Gasteiger partial charge in [-0.15, -0.1) is 0 Å². The number of nitrogens with zero attached hydrogens (tertiary/aromatic N) is 1. The standard InChI is InChI=1S/C19H17N3O3/c1-24-14-5-6-15(18(10-14)25-2)17(11-20)22-19(23)13-4-3-12-7-8-21-16(12)9-13/h3-10,17,21H,1-2H3,(H,22,23)/t17-/m0/s1. The van der Waals surface area contributed by atoms with Crippen LogP contribution in [0.2, 0.25) is 0 Å². The molecule has 0 aliphatic heterocycles. The fourth-order valence-corrected chi connectivity index (χ4v) is 2.64. The van der Waals surface area contributed by atoms with E-state index in [0.29, 0.717) is 22.6 Å². The van der Waals surface area contributed by atoms with Crippen molar-refractivity contribution in [2.45, 2.75) is 6.04 Å². The number of rotatable bonds is 5. The highest BCUT2D eigenvalue weighted by Gasteiger charge is 2.19. The van der Waals surface area contributed by atoms with E-state index in [2.05, 4.69) is 16.4 Å². The maximum Gasteiger partial charge on any atom is 0.252 e. The number of methoxy groups -OCH3 is 2. The number of nitrogens with one attached hydrogen (secondary N) is 2. The minimum Gasteiger partial charge on any atom is -0.497 e. The van der Waals surface area contributed by atoms with Crippen molar-refractivity contribution in [3.63, 3.8) is 0 Å². The van der Waals surface area contributed by atoms with Crippen molar-refractivity contribution in [1.29, 1.82) is 5.26 Å². The Balaban J connectivity index is 1.86. The van der Waals surface area contributed by atoms with Crippen LogP contribution in [-0.4, -0.2) is 25.1 Å². The van der Waals surface area contributed by atoms with Crippen LogP contribution in [0.4, 0.5) is 0 Å². The summed E-state index contributed by atoms with van der Waals surface area (Å²) >= 11 is 0. The van der Waals surface area contributed by atoms with E-state index in [1.165, 1.54) is 7.11 Å². The highest BCUT2D eigenvalue weighted by Crippen LogP contribution is 2.29. The molecule has 0 saturated carbocycles. The summed E-state index contributed by atoms with van der Waals surface area (Å²) < 4.78 is 10.5. The van der Waals surface area contributed by atoms with Gasteiger partial charge in [-0.2, -0.15) is 5.26 Å². The Labute approximate surface area is 145 Å². The van der Waals surface area contributed by atoms with Crippen molar-refractivity contribution in [3.8, 4) is 17.6 Å². The number of hydrogen-bond donors (Lipinski definition) is 2. The monoisotopic (exact) mass is 335 g/mol. The number of hydrogen-bond acceptors (Lipinski definition) is 4. The molecule has 0 aliphatic rings. The first kappa shape index (κ1) is 16.4. The Hall–Kier alpha value is -3.46. The summed E-state index contributed by atoms with van der Waals surface area (Å²) in [5.41, 5.74) is 1.91. The first-order chi connectivity index (χ1) is 12.2. The minimum atomic E-state index is -0.840. The van der Waals surface area contributed by atoms with E-state index >= 15 is 0 Å². The lowest BCUT2D eigenvalue weighted by Gasteiger charge is -2.16. The van der Waals surface area contributed by atoms with Crippen molar-refractivity contribution in [2.75, 3.05) is 14.2 Å². The van der Waals surface area contributed by atoms with Crippen LogP contribution in [-0.2, 0) is 0 Å². The minimum absolute atomic E-state index is 0.332. The molecule has 6 heteroatoms. The van der Waals surface area contributed by atoms with Crippen LogP contribution < -0.4 is 14.8 Å². The number of ether oxygens (including phenoxy) is 2. The van der Waals surface area contributed by atoms with E-state index < -0.39 is 6.04 Å². The average Bonchev–Trinajstić information content (AvgIpc) is 3.13. The average molecular weight is 335 g/mol. The lowest BCUT2D eigenvalue weighted by atomic mass is 10.1. The van der Waals surface area contributed by atoms with Crippen LogP contribution in [0.1, 0.15) is 22.0 Å². The molecule has 3 aromatic rings. The van der Waals surface area contributed by atoms with Crippen LogP contribution in [0.3, 0.4) is 0 Å². The van der Waals surface area contributed by atoms with Crippen molar-refractivity contribution >= 4 is 16.8 Å². The lowest BCUT2D eigenvalue weighted by molar-refractivity contribution is 0.0945. The Morgan fingerprint density at radius 1 is 1.16 bits per heavy atom. The summed E-state index contributed by atoms with van der Waals surface area (Å²) in [4.78, 5) is 15.6. The van der Waals surface area contributed by atoms with Crippen LogP contribution in [0.15, 0.2) is 48.7 Å². The topological polar surface area (TPSA) is 87.1 Å². The van der Waals surface area contributed by atoms with Crippen molar-refractivity contribution in [1.82, 2.24) is 10.3 Å². The number of carbonyl (C=O) groups is 1. The molecule has 2 aromatic carbocycles. The quantitative estimate of drug-likeness (QED) is 0.750. The molecule has 25 heavy (non-hydrogen) atoms. The molecule has 2 N–H and O–H groups in total. The van der Waals surface area contributed by atoms with E-state index in [9.17, 15) is 10.1 Å². The van der Waals surface area contributed by atoms with Crippen LogP contribution in [0.5, 0.6) is 11.5 Å². The van der Waals surface area contributed by atoms with Gasteiger partial charge in [0.1, 0.15) is 17.5 Å². The van der Waals surface area contributed by atoms with E-state index in [1.54, 1.807) is 37.4 Å². The molecule has 6 nitrogen and oxygen atoms in total. The second-order valence-electron chi connectivity index (χ2n) is 5.42. The maximum absolute atomic E-state index is 12.5. The fraction of sp³-hybridized carbons (Fsp3) is 0.158. The number of aromatic nitrogens is 1. The van der Waals surface area contributed by atoms with Gasteiger partial charge in [0.25, 0.3) is 5.91 Å². The molecule has 0 saturated heterocycles. The molecule has 1 heterocycles. The first-order valence-electron chi connectivity index (χ1n) is 7.66. The highest BCUT2D eigenvalue weighted by atomic mass is 16.5. The molecular formula is C19H17N3O3. The molecule has 0 spiro atoms. The molecule has 1 atom stereocenters. The molecule has 0 unspecified atom stereocenters. The second kappa shape index (κ2) is 6.97. The Morgan fingerprint density at radius 3 is 2.72 bits per heavy atom. The van der Waals surface area contributed by atoms with Crippen molar-refractivity contribution in [3.05, 3.63) is 59.8 Å². The molecule has 0 fully saturated rings. The lowest BCUT2D eigenvalue weighted by Crippen LogP contribution is -2.27. The van der Waals surface area contributed by atoms with Gasteiger partial charge in [0, 0.05) is 28.9 Å². The summed E-state index contributed by atoms with van der Waals surface area (Å²) in [5.74, 6) is 0.757. The Bertz CT molecular complexity index is 956. The number of benzene rings is 2. The number of H-pyrrole nitrogens is 1. The van der Waals surface area contributed by atoms with E-state index in [0.717, 1.165) is 10.9 Å². The smallest absolute Gasteiger partial charge is 0.252 e. The Morgan fingerprint density at radius 2 is 2.00 bits per heavy atom. The largest absolute Gasteiger partial charge is 0.497 e. The predicted octanol–water partition coefficient (Wildman–Crippen LogP) is 3.18. The molecule has 1 amide bonds. The molecule has 126 valence electrons. The molecule has 0 bridgehead atoms. The molecule has 0 radical (unpaired) electrons. The molecule has 0 aliphatic carbocycles. The highest BCUT2D eigenvalue weighted by molar-refractivity contribution is 5.98. The van der Waals surface area contributed by atoms with Gasteiger partial charge in [-0.3, -0.25) is 4.79 Å². The summed E-state index contributed by atoms with van der Waals surface area (Å²) in [6.45, 7) is 0. The van der Waals surface area contributed by atoms with Gasteiger partial charge in [-0.1, -0.05) is 6.07 Å². The van der Waals surface area contributed by atoms with Crippen LogP contribution >= 0.6 is 0 Å². The Kier molecular flexibility index (Phi) is 4.57. The normalized spacial score (nSPS) is 11.6. The molecular weight excluding hydrogens is 318 g/mol. The zero-order chi connectivity index (χ0) is 17.8. The summed E-state index contributed by atoms with van der Waals surface area (Å²) in [6.07, 6.45) is 1.81. The molecule has 3 rings (SSSR count). The number of aromatic amines is 1. The van der Waals surface area contributed by atoms with Gasteiger partial charge in [0.05, 0.1) is 20.3 Å². The van der Waals surface area contributed by atoms with Gasteiger partial charge in [-0.25, -0.2) is 0 Å². The third-order valence-electron chi connectivity index (χ3n) is 3.97. The van der Waals surface area contributed by atoms with Gasteiger partial charge < -0.3 is 19.8 Å². The third-order valence-corrected chi connectivity index (χ3v) is 3.97. The molecule has 1 aromatic heterocycles. The number of nitriles is 1. The van der Waals surface area contributed by atoms with E-state index in [1.807, 2.05) is 18.3 Å². The van der Waals surface area contributed by atoms with E-state index in [-0.39, 0.29) is 5.91 Å².